The Hall–Kier alpha value is -2.85. The number of hydrogen-bond donors (Lipinski definition) is 2. The van der Waals surface area contributed by atoms with Gasteiger partial charge in [0.25, 0.3) is 5.91 Å². The second kappa shape index (κ2) is 10.8. The quantitative estimate of drug-likeness (QED) is 0.458. The van der Waals surface area contributed by atoms with Crippen molar-refractivity contribution < 1.29 is 18.0 Å². The van der Waals surface area contributed by atoms with Crippen LogP contribution in [0.2, 0.25) is 0 Å². The molecule has 1 aromatic carbocycles. The number of carbonyl (C=O) groups excluding carboxylic acids is 1. The summed E-state index contributed by atoms with van der Waals surface area (Å²) in [5.74, 6) is 0.506. The van der Waals surface area contributed by atoms with Crippen LogP contribution in [0.5, 0.6) is 0 Å². The van der Waals surface area contributed by atoms with Gasteiger partial charge in [0.2, 0.25) is 0 Å². The van der Waals surface area contributed by atoms with Crippen LogP contribution in [-0.4, -0.2) is 33.9 Å². The minimum absolute atomic E-state index is 0.217. The second-order valence-electron chi connectivity index (χ2n) is 7.91. The molecule has 2 heterocycles. The molecule has 1 amide bonds. The molecule has 0 fully saturated rings. The van der Waals surface area contributed by atoms with Gasteiger partial charge in [0.05, 0.1) is 11.3 Å². The van der Waals surface area contributed by atoms with Crippen molar-refractivity contribution >= 4 is 17.2 Å². The summed E-state index contributed by atoms with van der Waals surface area (Å²) >= 11 is 1.22. The average molecular weight is 478 g/mol. The lowest BCUT2D eigenvalue weighted by atomic mass is 10.0. The molecule has 10 heteroatoms. The summed E-state index contributed by atoms with van der Waals surface area (Å²) in [5, 5.41) is 6.81. The predicted molar refractivity (Wildman–Crippen MR) is 122 cm³/mol. The van der Waals surface area contributed by atoms with E-state index in [0.29, 0.717) is 45.9 Å². The highest BCUT2D eigenvalue weighted by Crippen LogP contribution is 2.30. The highest BCUT2D eigenvalue weighted by molar-refractivity contribution is 7.17. The number of nitrogens with zero attached hydrogens (tertiary/aromatic N) is 3. The maximum Gasteiger partial charge on any atom is 0.416 e. The summed E-state index contributed by atoms with van der Waals surface area (Å²) in [6.45, 7) is 6.85. The molecule has 0 bridgehead atoms. The minimum atomic E-state index is -4.39. The van der Waals surface area contributed by atoms with Crippen molar-refractivity contribution in [1.82, 2.24) is 25.6 Å². The first-order chi connectivity index (χ1) is 15.7. The molecule has 0 aliphatic carbocycles. The Labute approximate surface area is 194 Å². The van der Waals surface area contributed by atoms with E-state index in [0.717, 1.165) is 12.1 Å². The third kappa shape index (κ3) is 6.58. The molecule has 0 saturated heterocycles. The largest absolute Gasteiger partial charge is 0.416 e. The van der Waals surface area contributed by atoms with Crippen molar-refractivity contribution in [3.8, 4) is 10.8 Å². The molecule has 0 aliphatic rings. The number of hydrogen-bond acceptors (Lipinski definition) is 6. The topological polar surface area (TPSA) is 79.8 Å². The zero-order valence-corrected chi connectivity index (χ0v) is 19.4. The number of carbonyl (C=O) groups is 1. The van der Waals surface area contributed by atoms with Gasteiger partial charge in [0, 0.05) is 25.0 Å². The van der Waals surface area contributed by atoms with Gasteiger partial charge in [-0.05, 0) is 42.6 Å². The minimum Gasteiger partial charge on any atom is -0.349 e. The number of alkyl halides is 3. The van der Waals surface area contributed by atoms with E-state index >= 15 is 0 Å². The van der Waals surface area contributed by atoms with Crippen molar-refractivity contribution in [1.29, 1.82) is 0 Å². The summed E-state index contributed by atoms with van der Waals surface area (Å²) in [7, 11) is 0. The van der Waals surface area contributed by atoms with Crippen LogP contribution < -0.4 is 10.6 Å². The number of thiazole rings is 1. The van der Waals surface area contributed by atoms with E-state index in [1.165, 1.54) is 23.5 Å². The number of halogens is 3. The van der Waals surface area contributed by atoms with Gasteiger partial charge in [-0.1, -0.05) is 32.9 Å². The van der Waals surface area contributed by atoms with E-state index in [1.807, 2.05) is 20.8 Å². The summed E-state index contributed by atoms with van der Waals surface area (Å²) < 4.78 is 38.8. The number of amides is 1. The predicted octanol–water partition coefficient (Wildman–Crippen LogP) is 4.90. The summed E-state index contributed by atoms with van der Waals surface area (Å²) in [6.07, 6.45) is -0.592. The summed E-state index contributed by atoms with van der Waals surface area (Å²) in [5.41, 5.74) is 0.620. The van der Waals surface area contributed by atoms with Crippen LogP contribution in [0.3, 0.4) is 0 Å². The number of rotatable bonds is 9. The Morgan fingerprint density at radius 3 is 2.33 bits per heavy atom. The van der Waals surface area contributed by atoms with Gasteiger partial charge >= 0.3 is 6.18 Å². The Morgan fingerprint density at radius 1 is 1.09 bits per heavy atom. The van der Waals surface area contributed by atoms with Crippen molar-refractivity contribution in [3.63, 3.8) is 0 Å². The highest BCUT2D eigenvalue weighted by atomic mass is 32.1. The first-order valence-corrected chi connectivity index (χ1v) is 11.5. The van der Waals surface area contributed by atoms with E-state index in [1.54, 1.807) is 18.5 Å². The van der Waals surface area contributed by atoms with Gasteiger partial charge in [-0.3, -0.25) is 4.79 Å². The normalized spacial score (nSPS) is 12.7. The van der Waals surface area contributed by atoms with Crippen LogP contribution >= 0.6 is 11.3 Å². The van der Waals surface area contributed by atoms with E-state index in [-0.39, 0.29) is 18.5 Å². The van der Waals surface area contributed by atoms with Crippen LogP contribution in [0.25, 0.3) is 10.8 Å². The summed E-state index contributed by atoms with van der Waals surface area (Å²) in [6, 6.07) is 6.38. The Balaban J connectivity index is 1.76. The van der Waals surface area contributed by atoms with Crippen LogP contribution in [0.15, 0.2) is 42.7 Å². The fraction of sp³-hybridized carbons (Fsp3) is 0.391. The van der Waals surface area contributed by atoms with Crippen molar-refractivity contribution in [3.05, 3.63) is 64.4 Å². The SMILES string of the molecule is CCc1nc(-c2ncccn2)sc1C(=O)NCC(NCC(C)C)c1ccc(C(F)(F)F)cc1. The molecule has 2 N–H and O–H groups in total. The fourth-order valence-corrected chi connectivity index (χ4v) is 4.16. The monoisotopic (exact) mass is 477 g/mol. The lowest BCUT2D eigenvalue weighted by molar-refractivity contribution is -0.137. The molecule has 0 aliphatic heterocycles. The maximum absolute atomic E-state index is 13.0. The number of aryl methyl sites for hydroxylation is 1. The molecule has 3 rings (SSSR count). The average Bonchev–Trinajstić information content (AvgIpc) is 3.23. The highest BCUT2D eigenvalue weighted by Gasteiger charge is 2.30. The number of nitrogens with one attached hydrogen (secondary N) is 2. The Morgan fingerprint density at radius 2 is 1.76 bits per heavy atom. The number of aromatic nitrogens is 3. The summed E-state index contributed by atoms with van der Waals surface area (Å²) in [4.78, 5) is 26.3. The zero-order chi connectivity index (χ0) is 24.0. The molecule has 0 spiro atoms. The first-order valence-electron chi connectivity index (χ1n) is 10.6. The molecular formula is C23H26F3N5OS. The van der Waals surface area contributed by atoms with Gasteiger partial charge in [-0.2, -0.15) is 13.2 Å². The van der Waals surface area contributed by atoms with Gasteiger partial charge in [-0.15, -0.1) is 11.3 Å². The smallest absolute Gasteiger partial charge is 0.349 e. The molecule has 1 atom stereocenters. The third-order valence-electron chi connectivity index (χ3n) is 4.88. The second-order valence-corrected chi connectivity index (χ2v) is 8.90. The van der Waals surface area contributed by atoms with E-state index < -0.39 is 11.7 Å². The Bertz CT molecular complexity index is 1050. The molecule has 33 heavy (non-hydrogen) atoms. The van der Waals surface area contributed by atoms with Gasteiger partial charge in [0.15, 0.2) is 10.8 Å². The standard InChI is InChI=1S/C23H26F3N5OS/c1-4-17-19(33-22(31-17)20-27-10-5-11-28-20)21(32)30-13-18(29-12-14(2)3)15-6-8-16(9-7-15)23(24,25)26/h5-11,14,18,29H,4,12-13H2,1-3H3,(H,30,32). The lowest BCUT2D eigenvalue weighted by Gasteiger charge is -2.21. The first kappa shape index (κ1) is 24.8. The van der Waals surface area contributed by atoms with E-state index in [4.69, 9.17) is 0 Å². The van der Waals surface area contributed by atoms with Crippen LogP contribution in [0.4, 0.5) is 13.2 Å². The molecule has 0 radical (unpaired) electrons. The van der Waals surface area contributed by atoms with Crippen molar-refractivity contribution in [2.45, 2.75) is 39.4 Å². The van der Waals surface area contributed by atoms with Crippen LogP contribution in [-0.2, 0) is 12.6 Å². The van der Waals surface area contributed by atoms with Gasteiger partial charge < -0.3 is 10.6 Å². The molecule has 0 saturated carbocycles. The van der Waals surface area contributed by atoms with Gasteiger partial charge in [0.1, 0.15) is 4.88 Å². The molecular weight excluding hydrogens is 451 g/mol. The lowest BCUT2D eigenvalue weighted by Crippen LogP contribution is -2.36. The van der Waals surface area contributed by atoms with Crippen LogP contribution in [0, 0.1) is 5.92 Å². The fourth-order valence-electron chi connectivity index (χ4n) is 3.14. The van der Waals surface area contributed by atoms with E-state index in [2.05, 4.69) is 25.6 Å². The van der Waals surface area contributed by atoms with Gasteiger partial charge in [-0.25, -0.2) is 15.0 Å². The zero-order valence-electron chi connectivity index (χ0n) is 18.6. The Kier molecular flexibility index (Phi) is 8.15. The van der Waals surface area contributed by atoms with Crippen LogP contribution in [0.1, 0.15) is 53.3 Å². The maximum atomic E-state index is 13.0. The molecule has 6 nitrogen and oxygen atoms in total. The number of benzene rings is 1. The molecule has 176 valence electrons. The third-order valence-corrected chi connectivity index (χ3v) is 5.97. The van der Waals surface area contributed by atoms with E-state index in [9.17, 15) is 18.0 Å². The van der Waals surface area contributed by atoms with Crippen molar-refractivity contribution in [2.75, 3.05) is 13.1 Å². The molecule has 3 aromatic rings. The molecule has 1 unspecified atom stereocenters. The molecule has 2 aromatic heterocycles. The van der Waals surface area contributed by atoms with Crippen molar-refractivity contribution in [2.24, 2.45) is 5.92 Å².